The maximum Gasteiger partial charge on any atom is 0.348 e. The minimum atomic E-state index is -1.01. The highest BCUT2D eigenvalue weighted by Crippen LogP contribution is 2.41. The Morgan fingerprint density at radius 1 is 1.23 bits per heavy atom. The first-order valence-corrected chi connectivity index (χ1v) is 13.4. The van der Waals surface area contributed by atoms with Gasteiger partial charge in [-0.2, -0.15) is 0 Å². The summed E-state index contributed by atoms with van der Waals surface area (Å²) in [5.41, 5.74) is 1.61. The van der Waals surface area contributed by atoms with Gasteiger partial charge in [-0.25, -0.2) is 4.79 Å². The third-order valence-corrected chi connectivity index (χ3v) is 8.10. The van der Waals surface area contributed by atoms with Gasteiger partial charge < -0.3 is 19.8 Å². The van der Waals surface area contributed by atoms with E-state index in [-0.39, 0.29) is 22.8 Å². The van der Waals surface area contributed by atoms with E-state index in [1.54, 1.807) is 11.8 Å². The molecule has 1 amide bonds. The summed E-state index contributed by atoms with van der Waals surface area (Å²) in [6.07, 6.45) is 7.08. The molecule has 1 aromatic heterocycles. The van der Waals surface area contributed by atoms with Crippen LogP contribution in [0.5, 0.6) is 5.75 Å². The zero-order valence-electron chi connectivity index (χ0n) is 20.5. The van der Waals surface area contributed by atoms with Crippen LogP contribution in [0, 0.1) is 11.8 Å². The van der Waals surface area contributed by atoms with Gasteiger partial charge >= 0.3 is 5.97 Å². The maximum absolute atomic E-state index is 13.4. The third-order valence-electron chi connectivity index (χ3n) is 6.92. The number of rotatable bonds is 10. The van der Waals surface area contributed by atoms with E-state index in [2.05, 4.69) is 13.0 Å². The fourth-order valence-corrected chi connectivity index (χ4v) is 6.01. The standard InChI is InChI=1S/C28H35NO5S/c1-18-15-21(16-18)27(31)29(14-6-7-19(2)30)24-17-25(35-26(24)28(32)33)20-10-12-23(13-11-20)34-22-8-4-3-5-9-22/h3-5,8-10,17-19,21,23,30H,6-7,11-16H2,1-2H3,(H,32,33). The highest BCUT2D eigenvalue weighted by atomic mass is 32.1. The molecular weight excluding hydrogens is 462 g/mol. The second-order valence-electron chi connectivity index (χ2n) is 9.94. The lowest BCUT2D eigenvalue weighted by atomic mass is 9.75. The molecule has 0 bridgehead atoms. The van der Waals surface area contributed by atoms with Crippen LogP contribution in [0.1, 0.15) is 73.3 Å². The molecular formula is C28H35NO5S. The number of aliphatic hydroxyl groups is 1. The van der Waals surface area contributed by atoms with E-state index in [1.165, 1.54) is 11.3 Å². The van der Waals surface area contributed by atoms with Crippen molar-refractivity contribution < 1.29 is 24.5 Å². The van der Waals surface area contributed by atoms with Crippen molar-refractivity contribution in [1.82, 2.24) is 0 Å². The molecule has 188 valence electrons. The van der Waals surface area contributed by atoms with Gasteiger partial charge in [0.2, 0.25) is 5.91 Å². The number of nitrogens with zero attached hydrogens (tertiary/aromatic N) is 1. The molecule has 1 fully saturated rings. The van der Waals surface area contributed by atoms with Crippen molar-refractivity contribution >= 4 is 34.5 Å². The Hall–Kier alpha value is -2.64. The van der Waals surface area contributed by atoms with Crippen molar-refractivity contribution in [3.05, 3.63) is 52.2 Å². The van der Waals surface area contributed by atoms with Crippen LogP contribution in [0.25, 0.3) is 5.57 Å². The largest absolute Gasteiger partial charge is 0.490 e. The van der Waals surface area contributed by atoms with Crippen molar-refractivity contribution in [3.8, 4) is 5.75 Å². The van der Waals surface area contributed by atoms with Gasteiger partial charge in [0.1, 0.15) is 16.7 Å². The number of anilines is 1. The van der Waals surface area contributed by atoms with Crippen LogP contribution in [0.2, 0.25) is 0 Å². The normalized spacial score (nSPS) is 22.6. The van der Waals surface area contributed by atoms with E-state index in [1.807, 2.05) is 36.4 Å². The Morgan fingerprint density at radius 3 is 2.57 bits per heavy atom. The molecule has 2 aliphatic rings. The first-order chi connectivity index (χ1) is 16.8. The summed E-state index contributed by atoms with van der Waals surface area (Å²) < 4.78 is 6.09. The first kappa shape index (κ1) is 25.5. The summed E-state index contributed by atoms with van der Waals surface area (Å²) in [4.78, 5) is 28.3. The van der Waals surface area contributed by atoms with Crippen LogP contribution in [0.3, 0.4) is 0 Å². The van der Waals surface area contributed by atoms with Crippen LogP contribution in [-0.4, -0.2) is 40.8 Å². The van der Waals surface area contributed by atoms with E-state index in [4.69, 9.17) is 4.74 Å². The average Bonchev–Trinajstić information content (AvgIpc) is 3.26. The van der Waals surface area contributed by atoms with Crippen molar-refractivity contribution in [3.63, 3.8) is 0 Å². The van der Waals surface area contributed by atoms with Crippen molar-refractivity contribution in [2.75, 3.05) is 11.4 Å². The Morgan fingerprint density at radius 2 is 1.97 bits per heavy atom. The van der Waals surface area contributed by atoms with Gasteiger partial charge in [-0.05, 0) is 75.1 Å². The fraction of sp³-hybridized carbons (Fsp3) is 0.500. The van der Waals surface area contributed by atoms with Crippen LogP contribution in [0.15, 0.2) is 42.5 Å². The van der Waals surface area contributed by atoms with Gasteiger partial charge in [-0.15, -0.1) is 11.3 Å². The summed E-state index contributed by atoms with van der Waals surface area (Å²) in [6, 6.07) is 11.7. The van der Waals surface area contributed by atoms with Gasteiger partial charge in [0.25, 0.3) is 0 Å². The van der Waals surface area contributed by atoms with Gasteiger partial charge in [-0.3, -0.25) is 4.79 Å². The Bertz CT molecular complexity index is 1050. The minimum Gasteiger partial charge on any atom is -0.490 e. The number of aromatic carboxylic acids is 1. The quantitative estimate of drug-likeness (QED) is 0.420. The number of amides is 1. The summed E-state index contributed by atoms with van der Waals surface area (Å²) in [6.45, 7) is 4.28. The van der Waals surface area contributed by atoms with Crippen LogP contribution < -0.4 is 9.64 Å². The number of para-hydroxylation sites is 1. The molecule has 0 saturated heterocycles. The molecule has 1 heterocycles. The number of aliphatic hydroxyl groups excluding tert-OH is 1. The van der Waals surface area contributed by atoms with Crippen LogP contribution >= 0.6 is 11.3 Å². The number of hydrogen-bond donors (Lipinski definition) is 2. The lowest BCUT2D eigenvalue weighted by Gasteiger charge is -2.36. The van der Waals surface area contributed by atoms with Gasteiger partial charge in [-0.1, -0.05) is 31.2 Å². The predicted molar refractivity (Wildman–Crippen MR) is 139 cm³/mol. The number of carboxylic acid groups (broad SMARTS) is 1. The summed E-state index contributed by atoms with van der Waals surface area (Å²) in [5, 5.41) is 19.7. The van der Waals surface area contributed by atoms with E-state index in [9.17, 15) is 19.8 Å². The lowest BCUT2D eigenvalue weighted by Crippen LogP contribution is -2.42. The number of benzene rings is 1. The molecule has 0 aliphatic heterocycles. The Kier molecular flexibility index (Phi) is 8.29. The molecule has 1 aromatic carbocycles. The number of carboxylic acids is 1. The molecule has 1 saturated carbocycles. The minimum absolute atomic E-state index is 0.00879. The molecule has 0 spiro atoms. The molecule has 2 unspecified atom stereocenters. The van der Waals surface area contributed by atoms with E-state index >= 15 is 0 Å². The van der Waals surface area contributed by atoms with Crippen molar-refractivity contribution in [1.29, 1.82) is 0 Å². The number of carbonyl (C=O) groups is 2. The Balaban J connectivity index is 1.54. The second-order valence-corrected chi connectivity index (χ2v) is 11.0. The van der Waals surface area contributed by atoms with E-state index in [0.717, 1.165) is 48.3 Å². The van der Waals surface area contributed by atoms with Gasteiger partial charge in [0.05, 0.1) is 11.8 Å². The molecule has 6 nitrogen and oxygen atoms in total. The van der Waals surface area contributed by atoms with E-state index in [0.29, 0.717) is 31.0 Å². The molecule has 2 aromatic rings. The highest BCUT2D eigenvalue weighted by molar-refractivity contribution is 7.15. The third kappa shape index (κ3) is 6.33. The maximum atomic E-state index is 13.4. The predicted octanol–water partition coefficient (Wildman–Crippen LogP) is 6.00. The number of hydrogen-bond acceptors (Lipinski definition) is 5. The smallest absolute Gasteiger partial charge is 0.348 e. The molecule has 7 heteroatoms. The molecule has 35 heavy (non-hydrogen) atoms. The highest BCUT2D eigenvalue weighted by Gasteiger charge is 2.36. The molecule has 4 rings (SSSR count). The number of allylic oxidation sites excluding steroid dienone is 1. The topological polar surface area (TPSA) is 87.1 Å². The van der Waals surface area contributed by atoms with Crippen LogP contribution in [0.4, 0.5) is 5.69 Å². The lowest BCUT2D eigenvalue weighted by molar-refractivity contribution is -0.126. The zero-order valence-corrected chi connectivity index (χ0v) is 21.3. The first-order valence-electron chi connectivity index (χ1n) is 12.6. The fourth-order valence-electron chi connectivity index (χ4n) is 4.94. The average molecular weight is 498 g/mol. The van der Waals surface area contributed by atoms with Gasteiger partial charge in [0.15, 0.2) is 0 Å². The summed E-state index contributed by atoms with van der Waals surface area (Å²) >= 11 is 1.25. The van der Waals surface area contributed by atoms with Crippen LogP contribution in [-0.2, 0) is 4.79 Å². The van der Waals surface area contributed by atoms with Crippen molar-refractivity contribution in [2.45, 2.75) is 71.0 Å². The molecule has 2 aliphatic carbocycles. The summed E-state index contributed by atoms with van der Waals surface area (Å²) in [7, 11) is 0. The Labute approximate surface area is 211 Å². The zero-order chi connectivity index (χ0) is 24.9. The van der Waals surface area contributed by atoms with Gasteiger partial charge in [0, 0.05) is 23.8 Å². The second kappa shape index (κ2) is 11.4. The number of thiophene rings is 1. The molecule has 2 atom stereocenters. The molecule has 2 N–H and O–H groups in total. The van der Waals surface area contributed by atoms with Crippen molar-refractivity contribution in [2.24, 2.45) is 11.8 Å². The van der Waals surface area contributed by atoms with E-state index < -0.39 is 12.1 Å². The number of ether oxygens (including phenoxy) is 1. The summed E-state index contributed by atoms with van der Waals surface area (Å²) in [5.74, 6) is 0.338. The number of carbonyl (C=O) groups excluding carboxylic acids is 1. The SMILES string of the molecule is CC(O)CCCN(C(=O)C1CC(C)C1)c1cc(C2=CCC(Oc3ccccc3)CC2)sc1C(=O)O. The monoisotopic (exact) mass is 497 g/mol. The molecule has 0 radical (unpaired) electrons.